The Labute approximate surface area is 70.9 Å². The Morgan fingerprint density at radius 2 is 2.18 bits per heavy atom. The third-order valence-electron chi connectivity index (χ3n) is 1.94. The molecule has 66 valence electrons. The predicted molar refractivity (Wildman–Crippen MR) is 51.8 cm³/mol. The van der Waals surface area contributed by atoms with Gasteiger partial charge in [-0.3, -0.25) is 0 Å². The van der Waals surface area contributed by atoms with E-state index < -0.39 is 0 Å². The molecule has 0 bridgehead atoms. The predicted octanol–water partition coefficient (Wildman–Crippen LogP) is 2.59. The van der Waals surface area contributed by atoms with Crippen molar-refractivity contribution in [2.24, 2.45) is 5.92 Å². The van der Waals surface area contributed by atoms with E-state index in [-0.39, 0.29) is 0 Å². The normalized spacial score (nSPS) is 12.9. The molecule has 0 aromatic rings. The molecule has 0 amide bonds. The summed E-state index contributed by atoms with van der Waals surface area (Å²) in [6, 6.07) is 0. The van der Waals surface area contributed by atoms with Crippen molar-refractivity contribution in [3.05, 3.63) is 12.7 Å². The molecule has 0 rings (SSSR count). The van der Waals surface area contributed by atoms with Crippen molar-refractivity contribution in [1.29, 1.82) is 0 Å². The Bertz CT molecular complexity index is 88.9. The van der Waals surface area contributed by atoms with Gasteiger partial charge in [-0.1, -0.05) is 25.8 Å². The number of unbranched alkanes of at least 4 members (excludes halogenated alkanes) is 1. The minimum atomic E-state index is 0.823. The van der Waals surface area contributed by atoms with Crippen LogP contribution < -0.4 is 5.32 Å². The van der Waals surface area contributed by atoms with Crippen molar-refractivity contribution < 1.29 is 0 Å². The van der Waals surface area contributed by atoms with Crippen LogP contribution in [0.2, 0.25) is 0 Å². The third kappa shape index (κ3) is 7.60. The number of allylic oxidation sites excluding steroid dienone is 1. The lowest BCUT2D eigenvalue weighted by atomic mass is 10.0. The highest BCUT2D eigenvalue weighted by Gasteiger charge is 1.97. The van der Waals surface area contributed by atoms with Gasteiger partial charge >= 0.3 is 0 Å². The maximum absolute atomic E-state index is 3.73. The summed E-state index contributed by atoms with van der Waals surface area (Å²) in [5, 5.41) is 3.15. The van der Waals surface area contributed by atoms with Crippen molar-refractivity contribution in [3.8, 4) is 0 Å². The van der Waals surface area contributed by atoms with Crippen molar-refractivity contribution in [2.45, 2.75) is 32.6 Å². The van der Waals surface area contributed by atoms with E-state index in [0.29, 0.717) is 0 Å². The minimum absolute atomic E-state index is 0.823. The third-order valence-corrected chi connectivity index (χ3v) is 1.94. The van der Waals surface area contributed by atoms with E-state index in [1.807, 2.05) is 13.1 Å². The largest absolute Gasteiger partial charge is 0.320 e. The lowest BCUT2D eigenvalue weighted by Crippen LogP contribution is -2.07. The van der Waals surface area contributed by atoms with E-state index in [1.54, 1.807) is 0 Å². The molecular weight excluding hydrogens is 134 g/mol. The summed E-state index contributed by atoms with van der Waals surface area (Å²) in [5.41, 5.74) is 0. The smallest absolute Gasteiger partial charge is 0.00519 e. The molecule has 0 aliphatic carbocycles. The number of nitrogens with one attached hydrogen (secondary N) is 1. The molecule has 1 unspecified atom stereocenters. The average Bonchev–Trinajstić information content (AvgIpc) is 1.99. The van der Waals surface area contributed by atoms with Crippen LogP contribution in [0.25, 0.3) is 0 Å². The molecule has 0 heterocycles. The Morgan fingerprint density at radius 3 is 2.73 bits per heavy atom. The van der Waals surface area contributed by atoms with Gasteiger partial charge < -0.3 is 5.32 Å². The van der Waals surface area contributed by atoms with Crippen molar-refractivity contribution in [3.63, 3.8) is 0 Å². The number of hydrogen-bond acceptors (Lipinski definition) is 1. The summed E-state index contributed by atoms with van der Waals surface area (Å²) < 4.78 is 0. The van der Waals surface area contributed by atoms with Crippen molar-refractivity contribution in [1.82, 2.24) is 5.32 Å². The van der Waals surface area contributed by atoms with E-state index in [1.165, 1.54) is 25.7 Å². The van der Waals surface area contributed by atoms with Crippen LogP contribution in [-0.4, -0.2) is 13.6 Å². The Kier molecular flexibility index (Phi) is 7.59. The molecule has 0 radical (unpaired) electrons. The molecule has 1 atom stereocenters. The Hall–Kier alpha value is -0.300. The molecule has 1 heteroatoms. The number of rotatable bonds is 7. The van der Waals surface area contributed by atoms with Crippen LogP contribution in [-0.2, 0) is 0 Å². The maximum Gasteiger partial charge on any atom is -0.00519 e. The maximum atomic E-state index is 3.73. The van der Waals surface area contributed by atoms with Gasteiger partial charge in [0.05, 0.1) is 0 Å². The summed E-state index contributed by atoms with van der Waals surface area (Å²) in [4.78, 5) is 0. The van der Waals surface area contributed by atoms with Crippen LogP contribution in [0.5, 0.6) is 0 Å². The molecule has 1 nitrogen and oxygen atoms in total. The van der Waals surface area contributed by atoms with Gasteiger partial charge in [0.2, 0.25) is 0 Å². The van der Waals surface area contributed by atoms with E-state index in [9.17, 15) is 0 Å². The highest BCUT2D eigenvalue weighted by atomic mass is 14.8. The second-order valence-electron chi connectivity index (χ2n) is 3.23. The van der Waals surface area contributed by atoms with Gasteiger partial charge in [0.25, 0.3) is 0 Å². The monoisotopic (exact) mass is 155 g/mol. The fraction of sp³-hybridized carbons (Fsp3) is 0.800. The van der Waals surface area contributed by atoms with Gasteiger partial charge in [-0.25, -0.2) is 0 Å². The summed E-state index contributed by atoms with van der Waals surface area (Å²) >= 11 is 0. The first kappa shape index (κ1) is 10.7. The second-order valence-corrected chi connectivity index (χ2v) is 3.23. The molecule has 0 aromatic heterocycles. The molecule has 0 spiro atoms. The summed E-state index contributed by atoms with van der Waals surface area (Å²) in [6.07, 6.45) is 7.17. The van der Waals surface area contributed by atoms with Crippen molar-refractivity contribution in [2.75, 3.05) is 13.6 Å². The summed E-state index contributed by atoms with van der Waals surface area (Å²) in [6.45, 7) is 7.18. The van der Waals surface area contributed by atoms with Crippen LogP contribution in [0.3, 0.4) is 0 Å². The van der Waals surface area contributed by atoms with Crippen LogP contribution in [0.15, 0.2) is 12.7 Å². The quantitative estimate of drug-likeness (QED) is 0.440. The van der Waals surface area contributed by atoms with Gasteiger partial charge in [-0.05, 0) is 32.4 Å². The zero-order chi connectivity index (χ0) is 8.53. The highest BCUT2D eigenvalue weighted by Crippen LogP contribution is 2.11. The molecule has 1 N–H and O–H groups in total. The highest BCUT2D eigenvalue weighted by molar-refractivity contribution is 4.70. The first-order valence-corrected chi connectivity index (χ1v) is 4.56. The molecular formula is C10H21N. The summed E-state index contributed by atoms with van der Waals surface area (Å²) in [5.74, 6) is 0.823. The van der Waals surface area contributed by atoms with Gasteiger partial charge in [0.15, 0.2) is 0 Å². The van der Waals surface area contributed by atoms with Gasteiger partial charge in [-0.15, -0.1) is 6.58 Å². The van der Waals surface area contributed by atoms with Crippen LogP contribution >= 0.6 is 0 Å². The molecule has 0 aromatic carbocycles. The zero-order valence-electron chi connectivity index (χ0n) is 7.90. The minimum Gasteiger partial charge on any atom is -0.320 e. The first-order chi connectivity index (χ1) is 5.31. The molecule has 0 saturated carbocycles. The molecule has 0 saturated heterocycles. The van der Waals surface area contributed by atoms with Gasteiger partial charge in [-0.2, -0.15) is 0 Å². The van der Waals surface area contributed by atoms with E-state index >= 15 is 0 Å². The first-order valence-electron chi connectivity index (χ1n) is 4.56. The van der Waals surface area contributed by atoms with Crippen LogP contribution in [0.1, 0.15) is 32.6 Å². The fourth-order valence-corrected chi connectivity index (χ4v) is 1.20. The fourth-order valence-electron chi connectivity index (χ4n) is 1.20. The van der Waals surface area contributed by atoms with E-state index in [4.69, 9.17) is 0 Å². The lowest BCUT2D eigenvalue weighted by Gasteiger charge is -2.07. The zero-order valence-corrected chi connectivity index (χ0v) is 7.90. The van der Waals surface area contributed by atoms with Crippen LogP contribution in [0.4, 0.5) is 0 Å². The molecule has 0 aliphatic heterocycles. The SMILES string of the molecule is C=CCC(C)CCCCNC. The molecule has 0 aliphatic rings. The Morgan fingerprint density at radius 1 is 1.45 bits per heavy atom. The van der Waals surface area contributed by atoms with Gasteiger partial charge in [0, 0.05) is 0 Å². The van der Waals surface area contributed by atoms with Crippen LogP contribution in [0, 0.1) is 5.92 Å². The Balaban J connectivity index is 3.03. The standard InChI is InChI=1S/C10H21N/c1-4-7-10(2)8-5-6-9-11-3/h4,10-11H,1,5-9H2,2-3H3. The van der Waals surface area contributed by atoms with Gasteiger partial charge in [0.1, 0.15) is 0 Å². The topological polar surface area (TPSA) is 12.0 Å². The lowest BCUT2D eigenvalue weighted by molar-refractivity contribution is 0.499. The average molecular weight is 155 g/mol. The summed E-state index contributed by atoms with van der Waals surface area (Å²) in [7, 11) is 2.01. The van der Waals surface area contributed by atoms with Crippen molar-refractivity contribution >= 4 is 0 Å². The molecule has 0 fully saturated rings. The van der Waals surface area contributed by atoms with E-state index in [0.717, 1.165) is 12.5 Å². The molecule has 11 heavy (non-hydrogen) atoms. The van der Waals surface area contributed by atoms with E-state index in [2.05, 4.69) is 18.8 Å². The second kappa shape index (κ2) is 7.80. The number of hydrogen-bond donors (Lipinski definition) is 1.